The van der Waals surface area contributed by atoms with Gasteiger partial charge in [0.15, 0.2) is 6.54 Å². The number of halogens is 1. The summed E-state index contributed by atoms with van der Waals surface area (Å²) in [6.45, 7) is 3.61. The monoisotopic (exact) mass is 401 g/mol. The molecule has 1 aliphatic rings. The Balaban J connectivity index is 1.61. The highest BCUT2D eigenvalue weighted by Gasteiger charge is 2.50. The summed E-state index contributed by atoms with van der Waals surface area (Å²) in [4.78, 5) is 37.3. The Morgan fingerprint density at radius 1 is 1.21 bits per heavy atom. The average Bonchev–Trinajstić information content (AvgIpc) is 2.91. The van der Waals surface area contributed by atoms with Crippen LogP contribution in [0.2, 0.25) is 5.02 Å². The zero-order valence-electron chi connectivity index (χ0n) is 15.6. The topological polar surface area (TPSA) is 95.1 Å². The van der Waals surface area contributed by atoms with E-state index >= 15 is 0 Å². The van der Waals surface area contributed by atoms with Gasteiger partial charge in [0.1, 0.15) is 11.6 Å². The zero-order valence-corrected chi connectivity index (χ0v) is 16.4. The number of carbonyl (C=O) groups excluding carboxylic acids is 3. The van der Waals surface area contributed by atoms with Crippen molar-refractivity contribution >= 4 is 29.4 Å². The second-order valence-corrected chi connectivity index (χ2v) is 7.32. The predicted molar refractivity (Wildman–Crippen MR) is 104 cm³/mol. The molecule has 0 radical (unpaired) electrons. The van der Waals surface area contributed by atoms with Crippen LogP contribution in [0.5, 0.6) is 0 Å². The van der Waals surface area contributed by atoms with Crippen molar-refractivity contribution in [2.45, 2.75) is 25.4 Å². The smallest absolute Gasteiger partial charge is 0.332 e. The summed E-state index contributed by atoms with van der Waals surface area (Å²) in [6, 6.07) is 15.6. The van der Waals surface area contributed by atoms with Crippen LogP contribution in [0.4, 0.5) is 4.79 Å². The SMILES string of the molecule is C[C@@H]([NH2+]CC(=O)NN1C(=O)N[C@@](C)(c2ccccc2)C1=O)c1cccc(Cl)c1. The number of urea groups is 1. The van der Waals surface area contributed by atoms with Crippen LogP contribution in [0.15, 0.2) is 54.6 Å². The first-order valence-corrected chi connectivity index (χ1v) is 9.29. The maximum atomic E-state index is 12.8. The molecular weight excluding hydrogens is 380 g/mol. The predicted octanol–water partition coefficient (Wildman–Crippen LogP) is 1.46. The molecule has 2 atom stereocenters. The molecule has 0 bridgehead atoms. The number of carbonyl (C=O) groups is 3. The van der Waals surface area contributed by atoms with Gasteiger partial charge in [-0.05, 0) is 31.5 Å². The third-order valence-corrected chi connectivity index (χ3v) is 5.04. The van der Waals surface area contributed by atoms with Crippen LogP contribution in [0.1, 0.15) is 31.0 Å². The summed E-state index contributed by atoms with van der Waals surface area (Å²) in [6.07, 6.45) is 0. The Kier molecular flexibility index (Phi) is 5.67. The normalized spacial score (nSPS) is 20.0. The van der Waals surface area contributed by atoms with E-state index in [1.54, 1.807) is 42.6 Å². The van der Waals surface area contributed by atoms with Crippen molar-refractivity contribution in [3.63, 3.8) is 0 Å². The number of quaternary nitrogens is 1. The van der Waals surface area contributed by atoms with Crippen molar-refractivity contribution in [1.82, 2.24) is 15.8 Å². The van der Waals surface area contributed by atoms with Gasteiger partial charge in [-0.1, -0.05) is 54.1 Å². The van der Waals surface area contributed by atoms with Crippen LogP contribution in [-0.2, 0) is 15.1 Å². The first kappa shape index (κ1) is 19.9. The van der Waals surface area contributed by atoms with Crippen LogP contribution in [0.25, 0.3) is 0 Å². The largest absolute Gasteiger partial charge is 0.344 e. The van der Waals surface area contributed by atoms with Crippen molar-refractivity contribution in [2.24, 2.45) is 0 Å². The Bertz CT molecular complexity index is 905. The van der Waals surface area contributed by atoms with Gasteiger partial charge in [-0.25, -0.2) is 4.79 Å². The molecular formula is C20H22ClN4O3+. The lowest BCUT2D eigenvalue weighted by Crippen LogP contribution is -2.87. The highest BCUT2D eigenvalue weighted by Crippen LogP contribution is 2.27. The number of nitrogens with zero attached hydrogens (tertiary/aromatic N) is 1. The summed E-state index contributed by atoms with van der Waals surface area (Å²) in [7, 11) is 0. The zero-order chi connectivity index (χ0) is 20.3. The fraction of sp³-hybridized carbons (Fsp3) is 0.250. The number of amides is 4. The van der Waals surface area contributed by atoms with E-state index in [2.05, 4.69) is 10.7 Å². The third kappa shape index (κ3) is 4.00. The molecule has 1 aliphatic heterocycles. The summed E-state index contributed by atoms with van der Waals surface area (Å²) in [5.74, 6) is -0.977. The molecule has 0 aromatic heterocycles. The standard InChI is InChI=1S/C20H21ClN4O3/c1-13(14-7-6-10-16(21)11-14)22-12-17(26)24-25-18(27)20(2,23-19(25)28)15-8-4-3-5-9-15/h3-11,13,22H,12H2,1-2H3,(H,23,28)(H,24,26)/p+1/t13-,20+/m1/s1. The van der Waals surface area contributed by atoms with Crippen LogP contribution in [0, 0.1) is 0 Å². The van der Waals surface area contributed by atoms with Crippen molar-refractivity contribution in [1.29, 1.82) is 0 Å². The van der Waals surface area contributed by atoms with Gasteiger partial charge >= 0.3 is 6.03 Å². The minimum absolute atomic E-state index is 0.0119. The highest BCUT2D eigenvalue weighted by atomic mass is 35.5. The molecule has 0 saturated carbocycles. The van der Waals surface area contributed by atoms with E-state index in [4.69, 9.17) is 11.6 Å². The molecule has 146 valence electrons. The summed E-state index contributed by atoms with van der Waals surface area (Å²) in [5.41, 5.74) is 2.80. The molecule has 1 heterocycles. The minimum atomic E-state index is -1.22. The molecule has 7 nitrogen and oxygen atoms in total. The summed E-state index contributed by atoms with van der Waals surface area (Å²) in [5, 5.41) is 5.82. The lowest BCUT2D eigenvalue weighted by molar-refractivity contribution is -0.682. The van der Waals surface area contributed by atoms with Crippen LogP contribution < -0.4 is 16.1 Å². The van der Waals surface area contributed by atoms with E-state index < -0.39 is 23.4 Å². The van der Waals surface area contributed by atoms with Gasteiger partial charge in [0.05, 0.1) is 0 Å². The Labute approximate surface area is 168 Å². The molecule has 0 unspecified atom stereocenters. The highest BCUT2D eigenvalue weighted by molar-refractivity contribution is 6.30. The molecule has 1 fully saturated rings. The van der Waals surface area contributed by atoms with Crippen molar-refractivity contribution in [3.8, 4) is 0 Å². The Hall–Kier alpha value is -2.90. The average molecular weight is 402 g/mol. The van der Waals surface area contributed by atoms with Crippen molar-refractivity contribution in [3.05, 3.63) is 70.7 Å². The van der Waals surface area contributed by atoms with Crippen LogP contribution >= 0.6 is 11.6 Å². The quantitative estimate of drug-likeness (QED) is 0.639. The van der Waals surface area contributed by atoms with Gasteiger partial charge in [0, 0.05) is 10.6 Å². The molecule has 0 spiro atoms. The Morgan fingerprint density at radius 3 is 2.61 bits per heavy atom. The fourth-order valence-corrected chi connectivity index (χ4v) is 3.29. The van der Waals surface area contributed by atoms with Crippen molar-refractivity contribution in [2.75, 3.05) is 6.54 Å². The van der Waals surface area contributed by atoms with Gasteiger partial charge in [-0.3, -0.25) is 15.0 Å². The molecule has 2 aromatic rings. The second-order valence-electron chi connectivity index (χ2n) is 6.88. The number of imide groups is 1. The number of hydrazine groups is 1. The number of hydrogen-bond acceptors (Lipinski definition) is 3. The number of hydrogen-bond donors (Lipinski definition) is 3. The number of rotatable bonds is 6. The third-order valence-electron chi connectivity index (χ3n) is 4.81. The lowest BCUT2D eigenvalue weighted by atomic mass is 9.92. The molecule has 4 N–H and O–H groups in total. The van der Waals surface area contributed by atoms with Crippen LogP contribution in [-0.4, -0.2) is 29.4 Å². The first-order valence-electron chi connectivity index (χ1n) is 8.92. The van der Waals surface area contributed by atoms with E-state index in [1.165, 1.54) is 0 Å². The number of nitrogens with one attached hydrogen (secondary N) is 2. The van der Waals surface area contributed by atoms with E-state index in [0.29, 0.717) is 10.6 Å². The van der Waals surface area contributed by atoms with E-state index in [1.807, 2.05) is 31.2 Å². The molecule has 0 aliphatic carbocycles. The van der Waals surface area contributed by atoms with Gasteiger partial charge < -0.3 is 10.6 Å². The Morgan fingerprint density at radius 2 is 1.93 bits per heavy atom. The van der Waals surface area contributed by atoms with Gasteiger partial charge in [0.2, 0.25) is 0 Å². The minimum Gasteiger partial charge on any atom is -0.332 e. The van der Waals surface area contributed by atoms with Crippen LogP contribution in [0.3, 0.4) is 0 Å². The lowest BCUT2D eigenvalue weighted by Gasteiger charge is -2.22. The number of nitrogens with two attached hydrogens (primary N) is 1. The molecule has 28 heavy (non-hydrogen) atoms. The maximum Gasteiger partial charge on any atom is 0.344 e. The van der Waals surface area contributed by atoms with Gasteiger partial charge in [-0.2, -0.15) is 5.01 Å². The first-order chi connectivity index (χ1) is 13.3. The molecule has 2 aromatic carbocycles. The van der Waals surface area contributed by atoms with E-state index in [-0.39, 0.29) is 12.6 Å². The number of benzene rings is 2. The van der Waals surface area contributed by atoms with Crippen molar-refractivity contribution < 1.29 is 19.7 Å². The van der Waals surface area contributed by atoms with Gasteiger partial charge in [-0.15, -0.1) is 0 Å². The molecule has 4 amide bonds. The molecule has 3 rings (SSSR count). The summed E-state index contributed by atoms with van der Waals surface area (Å²) >= 11 is 5.99. The fourth-order valence-electron chi connectivity index (χ4n) is 3.09. The maximum absolute atomic E-state index is 12.8. The molecule has 8 heteroatoms. The second kappa shape index (κ2) is 8.00. The van der Waals surface area contributed by atoms with E-state index in [9.17, 15) is 14.4 Å². The van der Waals surface area contributed by atoms with E-state index in [0.717, 1.165) is 10.6 Å². The molecule has 1 saturated heterocycles. The summed E-state index contributed by atoms with van der Waals surface area (Å²) < 4.78 is 0. The van der Waals surface area contributed by atoms with Gasteiger partial charge in [0.25, 0.3) is 11.8 Å².